The van der Waals surface area contributed by atoms with Crippen molar-refractivity contribution in [3.05, 3.63) is 40.4 Å². The number of pyridine rings is 2. The second-order valence-corrected chi connectivity index (χ2v) is 2.74. The van der Waals surface area contributed by atoms with Crippen molar-refractivity contribution in [3.8, 4) is 0 Å². The molecule has 3 nitrogen and oxygen atoms in total. The van der Waals surface area contributed by atoms with E-state index in [1.54, 1.807) is 25.4 Å². The average molecular weight is 160 g/mol. The first kappa shape index (κ1) is 7.03. The van der Waals surface area contributed by atoms with Gasteiger partial charge in [0.2, 0.25) is 0 Å². The van der Waals surface area contributed by atoms with Gasteiger partial charge in [-0.1, -0.05) is 0 Å². The third-order valence-corrected chi connectivity index (χ3v) is 1.83. The number of hydrogen-bond donors (Lipinski definition) is 1. The molecule has 60 valence electrons. The summed E-state index contributed by atoms with van der Waals surface area (Å²) in [5.41, 5.74) is 1.52. The van der Waals surface area contributed by atoms with Crippen LogP contribution in [0.2, 0.25) is 0 Å². The lowest BCUT2D eigenvalue weighted by Crippen LogP contribution is -2.08. The molecule has 0 unspecified atom stereocenters. The van der Waals surface area contributed by atoms with Crippen molar-refractivity contribution in [1.82, 2.24) is 9.97 Å². The maximum Gasteiger partial charge on any atom is 0.251 e. The Morgan fingerprint density at radius 3 is 3.17 bits per heavy atom. The van der Waals surface area contributed by atoms with E-state index in [2.05, 4.69) is 9.97 Å². The quantitative estimate of drug-likeness (QED) is 0.630. The van der Waals surface area contributed by atoms with Crippen LogP contribution in [0.4, 0.5) is 0 Å². The molecule has 1 N–H and O–H groups in total. The molecule has 0 amide bonds. The third kappa shape index (κ3) is 0.993. The van der Waals surface area contributed by atoms with Gasteiger partial charge in [0, 0.05) is 23.3 Å². The summed E-state index contributed by atoms with van der Waals surface area (Å²) < 4.78 is 0. The van der Waals surface area contributed by atoms with Crippen molar-refractivity contribution in [2.45, 2.75) is 6.92 Å². The van der Waals surface area contributed by atoms with Gasteiger partial charge in [0.15, 0.2) is 0 Å². The number of aryl methyl sites for hydroxylation is 1. The Kier molecular flexibility index (Phi) is 1.43. The van der Waals surface area contributed by atoms with Crippen molar-refractivity contribution in [2.75, 3.05) is 0 Å². The molecule has 0 bridgehead atoms. The molecule has 2 aromatic heterocycles. The molecule has 0 saturated carbocycles. The molecule has 2 heterocycles. The molecule has 0 aliphatic carbocycles. The largest absolute Gasteiger partial charge is 0.322 e. The van der Waals surface area contributed by atoms with Crippen LogP contribution in [0.3, 0.4) is 0 Å². The van der Waals surface area contributed by atoms with Gasteiger partial charge in [0.25, 0.3) is 5.56 Å². The van der Waals surface area contributed by atoms with Crippen molar-refractivity contribution in [1.29, 1.82) is 0 Å². The van der Waals surface area contributed by atoms with Crippen LogP contribution < -0.4 is 5.56 Å². The summed E-state index contributed by atoms with van der Waals surface area (Å²) in [7, 11) is 0. The Bertz CT molecular complexity index is 473. The van der Waals surface area contributed by atoms with Crippen LogP contribution in [-0.4, -0.2) is 9.97 Å². The molecule has 0 radical (unpaired) electrons. The summed E-state index contributed by atoms with van der Waals surface area (Å²) in [5, 5.41) is 0.967. The maximum absolute atomic E-state index is 11.2. The van der Waals surface area contributed by atoms with Gasteiger partial charge in [-0.05, 0) is 19.1 Å². The minimum atomic E-state index is -0.0336. The first-order valence-electron chi connectivity index (χ1n) is 3.71. The van der Waals surface area contributed by atoms with E-state index < -0.39 is 0 Å². The second kappa shape index (κ2) is 2.44. The normalized spacial score (nSPS) is 10.4. The first-order valence-corrected chi connectivity index (χ1v) is 3.71. The van der Waals surface area contributed by atoms with Gasteiger partial charge in [-0.3, -0.25) is 9.78 Å². The Morgan fingerprint density at radius 1 is 1.50 bits per heavy atom. The van der Waals surface area contributed by atoms with E-state index in [1.165, 1.54) is 0 Å². The molecule has 12 heavy (non-hydrogen) atoms. The third-order valence-electron chi connectivity index (χ3n) is 1.83. The molecule has 2 rings (SSSR count). The van der Waals surface area contributed by atoms with E-state index in [0.29, 0.717) is 0 Å². The van der Waals surface area contributed by atoms with Crippen LogP contribution in [0.1, 0.15) is 5.56 Å². The smallest absolute Gasteiger partial charge is 0.251 e. The van der Waals surface area contributed by atoms with Gasteiger partial charge in [-0.15, -0.1) is 0 Å². The fourth-order valence-corrected chi connectivity index (χ4v) is 1.16. The molecule has 0 aliphatic rings. The van der Waals surface area contributed by atoms with Crippen molar-refractivity contribution >= 4 is 10.9 Å². The molecule has 0 fully saturated rings. The fraction of sp³-hybridized carbons (Fsp3) is 0.111. The standard InChI is InChI=1S/C9H8N2O/c1-6-4-7-5-10-3-2-8(7)11-9(6)12/h2-5H,1H3,(H,11,12). The number of aromatic nitrogens is 2. The number of H-pyrrole nitrogens is 1. The zero-order valence-corrected chi connectivity index (χ0v) is 6.66. The monoisotopic (exact) mass is 160 g/mol. The first-order chi connectivity index (χ1) is 5.77. The molecule has 0 aromatic carbocycles. The molecule has 3 heteroatoms. The maximum atomic E-state index is 11.2. The highest BCUT2D eigenvalue weighted by atomic mass is 16.1. The van der Waals surface area contributed by atoms with Gasteiger partial charge >= 0.3 is 0 Å². The van der Waals surface area contributed by atoms with Gasteiger partial charge in [-0.25, -0.2) is 0 Å². The lowest BCUT2D eigenvalue weighted by Gasteiger charge is -1.96. The average Bonchev–Trinajstić information content (AvgIpc) is 2.07. The topological polar surface area (TPSA) is 45.8 Å². The number of hydrogen-bond acceptors (Lipinski definition) is 2. The predicted molar refractivity (Wildman–Crippen MR) is 47.1 cm³/mol. The molecule has 2 aromatic rings. The van der Waals surface area contributed by atoms with E-state index in [0.717, 1.165) is 16.5 Å². The highest BCUT2D eigenvalue weighted by Gasteiger charge is 1.96. The second-order valence-electron chi connectivity index (χ2n) is 2.74. The van der Waals surface area contributed by atoms with E-state index in [4.69, 9.17) is 0 Å². The predicted octanol–water partition coefficient (Wildman–Crippen LogP) is 1.23. The Hall–Kier alpha value is -1.64. The van der Waals surface area contributed by atoms with Crippen LogP contribution in [-0.2, 0) is 0 Å². The van der Waals surface area contributed by atoms with Crippen LogP contribution in [0.15, 0.2) is 29.3 Å². The Morgan fingerprint density at radius 2 is 2.33 bits per heavy atom. The zero-order chi connectivity index (χ0) is 8.55. The van der Waals surface area contributed by atoms with Crippen LogP contribution in [0, 0.1) is 6.92 Å². The molecule has 0 aliphatic heterocycles. The number of aromatic amines is 1. The van der Waals surface area contributed by atoms with Crippen molar-refractivity contribution in [3.63, 3.8) is 0 Å². The highest BCUT2D eigenvalue weighted by molar-refractivity contribution is 5.77. The van der Waals surface area contributed by atoms with Gasteiger partial charge in [0.1, 0.15) is 0 Å². The minimum absolute atomic E-state index is 0.0336. The van der Waals surface area contributed by atoms with Crippen LogP contribution in [0.5, 0.6) is 0 Å². The van der Waals surface area contributed by atoms with Gasteiger partial charge in [0.05, 0.1) is 5.52 Å². The minimum Gasteiger partial charge on any atom is -0.322 e. The summed E-state index contributed by atoms with van der Waals surface area (Å²) in [6.07, 6.45) is 3.39. The van der Waals surface area contributed by atoms with Crippen molar-refractivity contribution in [2.24, 2.45) is 0 Å². The summed E-state index contributed by atoms with van der Waals surface area (Å²) in [6.45, 7) is 1.78. The van der Waals surface area contributed by atoms with Crippen LogP contribution in [0.25, 0.3) is 10.9 Å². The molecule has 0 atom stereocenters. The SMILES string of the molecule is Cc1cc2cnccc2[nH]c1=O. The summed E-state index contributed by atoms with van der Waals surface area (Å²) in [5.74, 6) is 0. The summed E-state index contributed by atoms with van der Waals surface area (Å²) in [6, 6.07) is 3.62. The van der Waals surface area contributed by atoms with Crippen LogP contribution >= 0.6 is 0 Å². The fourth-order valence-electron chi connectivity index (χ4n) is 1.16. The summed E-state index contributed by atoms with van der Waals surface area (Å²) >= 11 is 0. The van der Waals surface area contributed by atoms with Crippen molar-refractivity contribution < 1.29 is 0 Å². The Labute approximate surface area is 69.1 Å². The Balaban J connectivity index is 2.93. The number of fused-ring (bicyclic) bond motifs is 1. The lowest BCUT2D eigenvalue weighted by atomic mass is 10.2. The van der Waals surface area contributed by atoms with E-state index >= 15 is 0 Å². The molecular weight excluding hydrogens is 152 g/mol. The summed E-state index contributed by atoms with van der Waals surface area (Å²) in [4.78, 5) is 17.9. The van der Waals surface area contributed by atoms with Gasteiger partial charge in [-0.2, -0.15) is 0 Å². The molecular formula is C9H8N2O. The number of nitrogens with one attached hydrogen (secondary N) is 1. The highest BCUT2D eigenvalue weighted by Crippen LogP contribution is 2.06. The van der Waals surface area contributed by atoms with E-state index in [-0.39, 0.29) is 5.56 Å². The number of nitrogens with zero attached hydrogens (tertiary/aromatic N) is 1. The number of rotatable bonds is 0. The molecule has 0 spiro atoms. The molecule has 0 saturated heterocycles. The van der Waals surface area contributed by atoms with Gasteiger partial charge < -0.3 is 4.98 Å². The van der Waals surface area contributed by atoms with E-state index in [1.807, 2.05) is 6.07 Å². The zero-order valence-electron chi connectivity index (χ0n) is 6.66. The van der Waals surface area contributed by atoms with E-state index in [9.17, 15) is 4.79 Å². The lowest BCUT2D eigenvalue weighted by molar-refractivity contribution is 1.22.